The Bertz CT molecular complexity index is 651. The molecule has 2 rings (SSSR count). The molecule has 0 aliphatic heterocycles. The molecule has 0 saturated carbocycles. The van der Waals surface area contributed by atoms with Crippen molar-refractivity contribution in [2.75, 3.05) is 5.32 Å². The summed E-state index contributed by atoms with van der Waals surface area (Å²) in [4.78, 5) is 8.41. The van der Waals surface area contributed by atoms with Crippen LogP contribution in [0.3, 0.4) is 0 Å². The maximum atomic E-state index is 12.7. The number of thiazole rings is 1. The first kappa shape index (κ1) is 14.7. The number of anilines is 2. The Kier molecular flexibility index (Phi) is 3.91. The number of aryl methyl sites for hydroxylation is 1. The molecule has 0 saturated heterocycles. The summed E-state index contributed by atoms with van der Waals surface area (Å²) in [6, 6.07) is 2.04. The molecular weight excluding hydrogens is 309 g/mol. The van der Waals surface area contributed by atoms with E-state index in [2.05, 4.69) is 15.3 Å². The van der Waals surface area contributed by atoms with Gasteiger partial charge in [-0.05, 0) is 19.1 Å². The predicted molar refractivity (Wildman–Crippen MR) is 75.3 cm³/mol. The van der Waals surface area contributed by atoms with Crippen molar-refractivity contribution in [3.05, 3.63) is 34.5 Å². The van der Waals surface area contributed by atoms with Crippen LogP contribution in [0.15, 0.2) is 18.3 Å². The lowest BCUT2D eigenvalue weighted by Crippen LogP contribution is -2.16. The van der Waals surface area contributed by atoms with E-state index in [9.17, 15) is 13.2 Å². The van der Waals surface area contributed by atoms with E-state index >= 15 is 0 Å². The standard InChI is InChI=1S/C11H9F3N4S2/c1-5-4-16-10(20-5)18-9-6(8(15)19)2-3-7(17-9)11(12,13)14/h2-4H,1H3,(H2,15,19)(H,16,17,18). The number of rotatable bonds is 3. The van der Waals surface area contributed by atoms with Gasteiger partial charge in [0.2, 0.25) is 0 Å². The van der Waals surface area contributed by atoms with E-state index < -0.39 is 11.9 Å². The number of hydrogen-bond donors (Lipinski definition) is 2. The van der Waals surface area contributed by atoms with E-state index in [1.807, 2.05) is 6.92 Å². The Hall–Kier alpha value is -1.74. The molecule has 106 valence electrons. The highest BCUT2D eigenvalue weighted by Crippen LogP contribution is 2.31. The maximum absolute atomic E-state index is 12.7. The maximum Gasteiger partial charge on any atom is 0.433 e. The molecule has 2 aromatic rings. The highest BCUT2D eigenvalue weighted by atomic mass is 32.1. The second-order valence-electron chi connectivity index (χ2n) is 3.86. The molecule has 9 heteroatoms. The second-order valence-corrected chi connectivity index (χ2v) is 5.53. The van der Waals surface area contributed by atoms with E-state index in [1.165, 1.54) is 17.4 Å². The molecule has 0 atom stereocenters. The molecule has 0 radical (unpaired) electrons. The molecule has 0 aromatic carbocycles. The summed E-state index contributed by atoms with van der Waals surface area (Å²) in [5, 5.41) is 3.14. The van der Waals surface area contributed by atoms with E-state index in [0.717, 1.165) is 10.9 Å². The highest BCUT2D eigenvalue weighted by Gasteiger charge is 2.33. The van der Waals surface area contributed by atoms with Crippen LogP contribution in [0.5, 0.6) is 0 Å². The zero-order chi connectivity index (χ0) is 14.9. The Morgan fingerprint density at radius 2 is 2.10 bits per heavy atom. The van der Waals surface area contributed by atoms with Gasteiger partial charge in [-0.15, -0.1) is 11.3 Å². The number of pyridine rings is 1. The molecule has 0 aliphatic rings. The first-order valence-electron chi connectivity index (χ1n) is 5.35. The third-order valence-electron chi connectivity index (χ3n) is 2.30. The average Bonchev–Trinajstić information content (AvgIpc) is 2.73. The Morgan fingerprint density at radius 3 is 2.60 bits per heavy atom. The van der Waals surface area contributed by atoms with Crippen molar-refractivity contribution in [2.24, 2.45) is 5.73 Å². The van der Waals surface area contributed by atoms with Crippen LogP contribution >= 0.6 is 23.6 Å². The van der Waals surface area contributed by atoms with Gasteiger partial charge < -0.3 is 11.1 Å². The fourth-order valence-electron chi connectivity index (χ4n) is 1.42. The number of nitrogens with two attached hydrogens (primary N) is 1. The minimum Gasteiger partial charge on any atom is -0.389 e. The lowest BCUT2D eigenvalue weighted by molar-refractivity contribution is -0.141. The van der Waals surface area contributed by atoms with E-state index in [1.54, 1.807) is 6.20 Å². The van der Waals surface area contributed by atoms with Crippen molar-refractivity contribution in [1.29, 1.82) is 0 Å². The fourth-order valence-corrected chi connectivity index (χ4v) is 2.25. The lowest BCUT2D eigenvalue weighted by Gasteiger charge is -2.12. The Labute approximate surface area is 121 Å². The predicted octanol–water partition coefficient (Wildman–Crippen LogP) is 3.24. The van der Waals surface area contributed by atoms with Gasteiger partial charge in [-0.2, -0.15) is 13.2 Å². The van der Waals surface area contributed by atoms with Crippen molar-refractivity contribution in [3.63, 3.8) is 0 Å². The van der Waals surface area contributed by atoms with Gasteiger partial charge in [0.1, 0.15) is 16.5 Å². The van der Waals surface area contributed by atoms with Gasteiger partial charge in [0.25, 0.3) is 0 Å². The van der Waals surface area contributed by atoms with Crippen LogP contribution in [0.25, 0.3) is 0 Å². The summed E-state index contributed by atoms with van der Waals surface area (Å²) in [5.41, 5.74) is 4.70. The van der Waals surface area contributed by atoms with Crippen LogP contribution in [-0.2, 0) is 6.18 Å². The average molecular weight is 318 g/mol. The SMILES string of the molecule is Cc1cnc(Nc2nc(C(F)(F)F)ccc2C(N)=S)s1. The third-order valence-corrected chi connectivity index (χ3v) is 3.35. The Morgan fingerprint density at radius 1 is 1.40 bits per heavy atom. The van der Waals surface area contributed by atoms with Gasteiger partial charge in [-0.1, -0.05) is 12.2 Å². The molecule has 2 aromatic heterocycles. The minimum atomic E-state index is -4.54. The molecule has 0 spiro atoms. The number of nitrogens with zero attached hydrogens (tertiary/aromatic N) is 2. The molecule has 4 nitrogen and oxygen atoms in total. The van der Waals surface area contributed by atoms with Gasteiger partial charge in [0.15, 0.2) is 5.13 Å². The van der Waals surface area contributed by atoms with Gasteiger partial charge >= 0.3 is 6.18 Å². The van der Waals surface area contributed by atoms with Crippen LogP contribution in [-0.4, -0.2) is 15.0 Å². The summed E-state index contributed by atoms with van der Waals surface area (Å²) < 4.78 is 38.0. The third kappa shape index (κ3) is 3.23. The molecule has 0 bridgehead atoms. The van der Waals surface area contributed by atoms with Crippen LogP contribution in [0.1, 0.15) is 16.1 Å². The molecule has 2 heterocycles. The van der Waals surface area contributed by atoms with Crippen LogP contribution in [0.2, 0.25) is 0 Å². The molecular formula is C11H9F3N4S2. The molecule has 0 unspecified atom stereocenters. The quantitative estimate of drug-likeness (QED) is 0.851. The largest absolute Gasteiger partial charge is 0.433 e. The zero-order valence-corrected chi connectivity index (χ0v) is 11.8. The van der Waals surface area contributed by atoms with Gasteiger partial charge in [-0.25, -0.2) is 9.97 Å². The van der Waals surface area contributed by atoms with Crippen molar-refractivity contribution < 1.29 is 13.2 Å². The lowest BCUT2D eigenvalue weighted by atomic mass is 10.2. The zero-order valence-electron chi connectivity index (χ0n) is 10.2. The van der Waals surface area contributed by atoms with Crippen molar-refractivity contribution >= 4 is 39.5 Å². The van der Waals surface area contributed by atoms with Crippen molar-refractivity contribution in [1.82, 2.24) is 9.97 Å². The summed E-state index contributed by atoms with van der Waals surface area (Å²) in [7, 11) is 0. The van der Waals surface area contributed by atoms with Crippen molar-refractivity contribution in [2.45, 2.75) is 13.1 Å². The normalized spacial score (nSPS) is 11.4. The molecule has 0 amide bonds. The molecule has 3 N–H and O–H groups in total. The second kappa shape index (κ2) is 5.33. The minimum absolute atomic E-state index is 0.0398. The van der Waals surface area contributed by atoms with E-state index in [-0.39, 0.29) is 16.4 Å². The topological polar surface area (TPSA) is 63.8 Å². The van der Waals surface area contributed by atoms with E-state index in [4.69, 9.17) is 18.0 Å². The van der Waals surface area contributed by atoms with Crippen LogP contribution in [0.4, 0.5) is 24.1 Å². The highest BCUT2D eigenvalue weighted by molar-refractivity contribution is 7.80. The first-order chi connectivity index (χ1) is 9.27. The summed E-state index contributed by atoms with van der Waals surface area (Å²) >= 11 is 6.10. The number of aromatic nitrogens is 2. The summed E-state index contributed by atoms with van der Waals surface area (Å²) in [6.07, 6.45) is -2.94. The molecule has 0 fully saturated rings. The fraction of sp³-hybridized carbons (Fsp3) is 0.182. The number of alkyl halides is 3. The number of nitrogens with one attached hydrogen (secondary N) is 1. The van der Waals surface area contributed by atoms with Crippen LogP contribution in [0, 0.1) is 6.92 Å². The van der Waals surface area contributed by atoms with Crippen molar-refractivity contribution in [3.8, 4) is 0 Å². The summed E-state index contributed by atoms with van der Waals surface area (Å²) in [5.74, 6) is -0.0540. The van der Waals surface area contributed by atoms with E-state index in [0.29, 0.717) is 5.13 Å². The number of hydrogen-bond acceptors (Lipinski definition) is 5. The van der Waals surface area contributed by atoms with Crippen LogP contribution < -0.4 is 11.1 Å². The summed E-state index contributed by atoms with van der Waals surface area (Å²) in [6.45, 7) is 1.83. The van der Waals surface area contributed by atoms with Gasteiger partial charge in [0.05, 0.1) is 5.56 Å². The Balaban J connectivity index is 2.44. The number of halogens is 3. The smallest absolute Gasteiger partial charge is 0.389 e. The molecule has 0 aliphatic carbocycles. The molecule has 20 heavy (non-hydrogen) atoms. The van der Waals surface area contributed by atoms with Gasteiger partial charge in [0, 0.05) is 11.1 Å². The first-order valence-corrected chi connectivity index (χ1v) is 6.57. The van der Waals surface area contributed by atoms with Gasteiger partial charge in [-0.3, -0.25) is 0 Å². The monoisotopic (exact) mass is 318 g/mol. The number of thiocarbonyl (C=S) groups is 1.